The zero-order valence-electron chi connectivity index (χ0n) is 10.1. The van der Waals surface area contributed by atoms with Gasteiger partial charge in [-0.3, -0.25) is 4.79 Å². The van der Waals surface area contributed by atoms with Crippen molar-refractivity contribution in [3.05, 3.63) is 35.6 Å². The van der Waals surface area contributed by atoms with E-state index in [1.165, 1.54) is 12.1 Å². The number of carboxylic acids is 1. The van der Waals surface area contributed by atoms with Crippen molar-refractivity contribution in [3.63, 3.8) is 0 Å². The normalized spacial score (nSPS) is 25.6. The fourth-order valence-electron chi connectivity index (χ4n) is 2.75. The Bertz CT molecular complexity index is 422. The van der Waals surface area contributed by atoms with Gasteiger partial charge in [-0.25, -0.2) is 4.39 Å². The van der Waals surface area contributed by atoms with Crippen LogP contribution in [0.3, 0.4) is 0 Å². The molecule has 0 amide bonds. The van der Waals surface area contributed by atoms with Crippen LogP contribution in [0.25, 0.3) is 0 Å². The fraction of sp³-hybridized carbons (Fsp3) is 0.500. The third-order valence-corrected chi connectivity index (χ3v) is 3.97. The lowest BCUT2D eigenvalue weighted by Crippen LogP contribution is -2.03. The maximum absolute atomic E-state index is 12.7. The molecule has 3 heteroatoms. The van der Waals surface area contributed by atoms with E-state index in [-0.39, 0.29) is 23.1 Å². The monoisotopic (exact) mass is 236 g/mol. The van der Waals surface area contributed by atoms with E-state index in [2.05, 4.69) is 0 Å². The number of hydrogen-bond donors (Lipinski definition) is 1. The van der Waals surface area contributed by atoms with Crippen LogP contribution < -0.4 is 0 Å². The highest BCUT2D eigenvalue weighted by Gasteiger charge is 2.61. The minimum Gasteiger partial charge on any atom is -0.481 e. The highest BCUT2D eigenvalue weighted by atomic mass is 19.1. The van der Waals surface area contributed by atoms with Gasteiger partial charge in [0.15, 0.2) is 0 Å². The molecule has 2 rings (SSSR count). The molecular formula is C14H17FO2. The number of halogens is 1. The first-order valence-electron chi connectivity index (χ1n) is 5.90. The smallest absolute Gasteiger partial charge is 0.307 e. The zero-order valence-corrected chi connectivity index (χ0v) is 10.1. The SMILES string of the molecule is CC1(C)[C@H](CCc2ccc(F)cc2)[C@H]1C(=O)O. The number of carbonyl (C=O) groups is 1. The van der Waals surface area contributed by atoms with E-state index in [4.69, 9.17) is 5.11 Å². The van der Waals surface area contributed by atoms with Gasteiger partial charge in [0, 0.05) is 0 Å². The third kappa shape index (κ3) is 2.33. The summed E-state index contributed by atoms with van der Waals surface area (Å²) in [6.07, 6.45) is 1.67. The highest BCUT2D eigenvalue weighted by Crippen LogP contribution is 2.60. The van der Waals surface area contributed by atoms with Gasteiger partial charge in [0.25, 0.3) is 0 Å². The second kappa shape index (κ2) is 4.13. The predicted molar refractivity (Wildman–Crippen MR) is 63.1 cm³/mol. The van der Waals surface area contributed by atoms with E-state index in [0.29, 0.717) is 0 Å². The first-order chi connectivity index (χ1) is 7.93. The summed E-state index contributed by atoms with van der Waals surface area (Å²) in [5.41, 5.74) is 0.976. The van der Waals surface area contributed by atoms with E-state index < -0.39 is 5.97 Å². The van der Waals surface area contributed by atoms with E-state index >= 15 is 0 Å². The molecule has 0 radical (unpaired) electrons. The van der Waals surface area contributed by atoms with Crippen LogP contribution >= 0.6 is 0 Å². The molecule has 0 aromatic heterocycles. The Morgan fingerprint density at radius 1 is 1.35 bits per heavy atom. The summed E-state index contributed by atoms with van der Waals surface area (Å²) in [6.45, 7) is 4.00. The lowest BCUT2D eigenvalue weighted by atomic mass is 10.0. The minimum absolute atomic E-state index is 0.0914. The van der Waals surface area contributed by atoms with Crippen LogP contribution in [0.4, 0.5) is 4.39 Å². The number of rotatable bonds is 4. The Balaban J connectivity index is 1.92. The predicted octanol–water partition coefficient (Wildman–Crippen LogP) is 3.12. The summed E-state index contributed by atoms with van der Waals surface area (Å²) in [4.78, 5) is 11.0. The average molecular weight is 236 g/mol. The number of aryl methyl sites for hydroxylation is 1. The van der Waals surface area contributed by atoms with Crippen LogP contribution in [0.15, 0.2) is 24.3 Å². The maximum Gasteiger partial charge on any atom is 0.307 e. The summed E-state index contributed by atoms with van der Waals surface area (Å²) < 4.78 is 12.7. The lowest BCUT2D eigenvalue weighted by Gasteiger charge is -2.03. The van der Waals surface area contributed by atoms with Gasteiger partial charge in [-0.05, 0) is 41.9 Å². The number of hydrogen-bond acceptors (Lipinski definition) is 1. The van der Waals surface area contributed by atoms with Crippen molar-refractivity contribution in [1.29, 1.82) is 0 Å². The Hall–Kier alpha value is -1.38. The van der Waals surface area contributed by atoms with Crippen molar-refractivity contribution in [2.45, 2.75) is 26.7 Å². The standard InChI is InChI=1S/C14H17FO2/c1-14(2)11(12(14)13(16)17)8-5-9-3-6-10(15)7-4-9/h3-4,6-7,11-12H,5,8H2,1-2H3,(H,16,17)/t11-,12+/m1/s1. The van der Waals surface area contributed by atoms with Crippen molar-refractivity contribution < 1.29 is 14.3 Å². The van der Waals surface area contributed by atoms with Crippen molar-refractivity contribution in [1.82, 2.24) is 0 Å². The van der Waals surface area contributed by atoms with Crippen LogP contribution in [0.5, 0.6) is 0 Å². The van der Waals surface area contributed by atoms with Crippen LogP contribution in [-0.4, -0.2) is 11.1 Å². The van der Waals surface area contributed by atoms with Gasteiger partial charge in [-0.2, -0.15) is 0 Å². The summed E-state index contributed by atoms with van der Waals surface area (Å²) in [7, 11) is 0. The molecule has 1 aromatic carbocycles. The van der Waals surface area contributed by atoms with Crippen LogP contribution in [0, 0.1) is 23.1 Å². The van der Waals surface area contributed by atoms with E-state index in [1.807, 2.05) is 13.8 Å². The summed E-state index contributed by atoms with van der Waals surface area (Å²) in [5, 5.41) is 9.04. The number of aliphatic carboxylic acids is 1. The van der Waals surface area contributed by atoms with Crippen molar-refractivity contribution in [2.24, 2.45) is 17.3 Å². The molecule has 1 aromatic rings. The third-order valence-electron chi connectivity index (χ3n) is 3.97. The molecule has 17 heavy (non-hydrogen) atoms. The summed E-state index contributed by atoms with van der Waals surface area (Å²) in [6, 6.07) is 6.42. The highest BCUT2D eigenvalue weighted by molar-refractivity contribution is 5.75. The molecule has 1 aliphatic rings. The summed E-state index contributed by atoms with van der Waals surface area (Å²) in [5.74, 6) is -0.906. The van der Waals surface area contributed by atoms with E-state index in [9.17, 15) is 9.18 Å². The van der Waals surface area contributed by atoms with Gasteiger partial charge in [-0.1, -0.05) is 26.0 Å². The Kier molecular flexibility index (Phi) is 2.94. The second-order valence-electron chi connectivity index (χ2n) is 5.41. The molecule has 1 N–H and O–H groups in total. The number of carboxylic acid groups (broad SMARTS) is 1. The van der Waals surface area contributed by atoms with E-state index in [1.54, 1.807) is 12.1 Å². The molecule has 2 atom stereocenters. The first kappa shape index (κ1) is 12.1. The van der Waals surface area contributed by atoms with Crippen molar-refractivity contribution in [2.75, 3.05) is 0 Å². The topological polar surface area (TPSA) is 37.3 Å². The molecule has 0 saturated heterocycles. The quantitative estimate of drug-likeness (QED) is 0.872. The average Bonchev–Trinajstić information content (AvgIpc) is 2.80. The van der Waals surface area contributed by atoms with Gasteiger partial charge in [0.2, 0.25) is 0 Å². The maximum atomic E-state index is 12.7. The van der Waals surface area contributed by atoms with Gasteiger partial charge < -0.3 is 5.11 Å². The molecule has 92 valence electrons. The first-order valence-corrected chi connectivity index (χ1v) is 5.90. The largest absolute Gasteiger partial charge is 0.481 e. The van der Waals surface area contributed by atoms with Crippen molar-refractivity contribution >= 4 is 5.97 Å². The number of benzene rings is 1. The molecule has 1 aliphatic carbocycles. The lowest BCUT2D eigenvalue weighted by molar-refractivity contribution is -0.139. The van der Waals surface area contributed by atoms with Gasteiger partial charge in [-0.15, -0.1) is 0 Å². The second-order valence-corrected chi connectivity index (χ2v) is 5.41. The molecule has 1 saturated carbocycles. The Morgan fingerprint density at radius 3 is 2.41 bits per heavy atom. The molecule has 1 fully saturated rings. The van der Waals surface area contributed by atoms with Gasteiger partial charge in [0.1, 0.15) is 5.82 Å². The molecule has 2 nitrogen and oxygen atoms in total. The van der Waals surface area contributed by atoms with Crippen molar-refractivity contribution in [3.8, 4) is 0 Å². The molecular weight excluding hydrogens is 219 g/mol. The van der Waals surface area contributed by atoms with Crippen LogP contribution in [0.1, 0.15) is 25.8 Å². The van der Waals surface area contributed by atoms with Gasteiger partial charge >= 0.3 is 5.97 Å². The van der Waals surface area contributed by atoms with E-state index in [0.717, 1.165) is 18.4 Å². The van der Waals surface area contributed by atoms with Crippen LogP contribution in [-0.2, 0) is 11.2 Å². The van der Waals surface area contributed by atoms with Crippen LogP contribution in [0.2, 0.25) is 0 Å². The molecule has 0 bridgehead atoms. The molecule has 0 unspecified atom stereocenters. The zero-order chi connectivity index (χ0) is 12.6. The Labute approximate surface area is 100 Å². The summed E-state index contributed by atoms with van der Waals surface area (Å²) >= 11 is 0. The minimum atomic E-state index is -0.695. The van der Waals surface area contributed by atoms with Gasteiger partial charge in [0.05, 0.1) is 5.92 Å². The molecule has 0 heterocycles. The Morgan fingerprint density at radius 2 is 1.94 bits per heavy atom. The fourth-order valence-corrected chi connectivity index (χ4v) is 2.75. The molecule has 0 spiro atoms. The molecule has 0 aliphatic heterocycles.